The van der Waals surface area contributed by atoms with Gasteiger partial charge in [0.2, 0.25) is 11.7 Å². The second-order valence-corrected chi connectivity index (χ2v) is 7.37. The van der Waals surface area contributed by atoms with Crippen molar-refractivity contribution in [1.82, 2.24) is 9.55 Å². The molecule has 0 aliphatic carbocycles. The molecule has 29 heavy (non-hydrogen) atoms. The van der Waals surface area contributed by atoms with E-state index in [0.29, 0.717) is 12.5 Å². The number of ether oxygens (including phenoxy) is 1. The van der Waals surface area contributed by atoms with Crippen LogP contribution in [0.4, 0.5) is 17.3 Å². The first-order valence-corrected chi connectivity index (χ1v) is 9.96. The summed E-state index contributed by atoms with van der Waals surface area (Å²) in [7, 11) is 1.49. The molecule has 1 aliphatic rings. The summed E-state index contributed by atoms with van der Waals surface area (Å²) < 4.78 is 7.12. The lowest BCUT2D eigenvalue weighted by atomic mass is 10.1. The van der Waals surface area contributed by atoms with Crippen molar-refractivity contribution in [3.63, 3.8) is 0 Å². The van der Waals surface area contributed by atoms with Gasteiger partial charge in [0.05, 0.1) is 19.9 Å². The molecule has 0 amide bonds. The monoisotopic (exact) mass is 390 g/mol. The van der Waals surface area contributed by atoms with Gasteiger partial charge in [-0.05, 0) is 43.0 Å². The fraction of sp³-hybridized carbons (Fsp3) is 0.304. The Labute approximate surface area is 170 Å². The Morgan fingerprint density at radius 1 is 1.10 bits per heavy atom. The van der Waals surface area contributed by atoms with Crippen LogP contribution in [0, 0.1) is 6.92 Å². The van der Waals surface area contributed by atoms with E-state index in [1.165, 1.54) is 25.6 Å². The highest BCUT2D eigenvalue weighted by atomic mass is 16.5. The van der Waals surface area contributed by atoms with Crippen LogP contribution in [0.25, 0.3) is 0 Å². The molecule has 1 fully saturated rings. The van der Waals surface area contributed by atoms with Gasteiger partial charge in [-0.1, -0.05) is 36.4 Å². The molecule has 6 nitrogen and oxygen atoms in total. The standard InChI is InChI=1S/C23H26N4O2/c1-17-10-11-19(26-12-6-7-13-26)14-20(17)24-23-25-22(28)21(29-2)16-27(23)15-18-8-4-3-5-9-18/h3-5,8-11,14,16H,6-7,12-13,15H2,1-2H3,(H,24,25,28). The minimum absolute atomic E-state index is 0.231. The van der Waals surface area contributed by atoms with Crippen molar-refractivity contribution in [2.45, 2.75) is 26.3 Å². The summed E-state index contributed by atoms with van der Waals surface area (Å²) >= 11 is 0. The zero-order valence-corrected chi connectivity index (χ0v) is 16.9. The molecule has 1 saturated heterocycles. The topological polar surface area (TPSA) is 59.4 Å². The third-order valence-electron chi connectivity index (χ3n) is 5.32. The molecule has 1 aromatic heterocycles. The quantitative estimate of drug-likeness (QED) is 0.691. The van der Waals surface area contributed by atoms with Crippen LogP contribution in [0.15, 0.2) is 59.5 Å². The Morgan fingerprint density at radius 3 is 2.59 bits per heavy atom. The Balaban J connectivity index is 1.70. The molecule has 3 aromatic rings. The van der Waals surface area contributed by atoms with Crippen molar-refractivity contribution in [2.24, 2.45) is 0 Å². The van der Waals surface area contributed by atoms with Crippen LogP contribution < -0.4 is 20.5 Å². The molecule has 0 atom stereocenters. The minimum Gasteiger partial charge on any atom is -0.490 e. The summed E-state index contributed by atoms with van der Waals surface area (Å²) in [6, 6.07) is 16.5. The van der Waals surface area contributed by atoms with Crippen LogP contribution in [0.3, 0.4) is 0 Å². The highest BCUT2D eigenvalue weighted by Crippen LogP contribution is 2.28. The van der Waals surface area contributed by atoms with Gasteiger partial charge in [-0.25, -0.2) is 0 Å². The smallest absolute Gasteiger partial charge is 0.316 e. The van der Waals surface area contributed by atoms with Crippen LogP contribution in [-0.2, 0) is 6.54 Å². The van der Waals surface area contributed by atoms with Crippen LogP contribution in [-0.4, -0.2) is 29.8 Å². The molecule has 2 heterocycles. The van der Waals surface area contributed by atoms with Gasteiger partial charge >= 0.3 is 5.56 Å². The van der Waals surface area contributed by atoms with E-state index in [0.717, 1.165) is 29.9 Å². The van der Waals surface area contributed by atoms with E-state index in [2.05, 4.69) is 40.3 Å². The van der Waals surface area contributed by atoms with Crippen LogP contribution in [0.2, 0.25) is 0 Å². The van der Waals surface area contributed by atoms with Gasteiger partial charge in [-0.3, -0.25) is 4.79 Å². The number of anilines is 3. The van der Waals surface area contributed by atoms with Gasteiger partial charge in [0.25, 0.3) is 0 Å². The van der Waals surface area contributed by atoms with Crippen molar-refractivity contribution in [2.75, 3.05) is 30.4 Å². The summed E-state index contributed by atoms with van der Waals surface area (Å²) in [5.41, 5.74) is 3.98. The molecule has 1 N–H and O–H groups in total. The summed E-state index contributed by atoms with van der Waals surface area (Å²) in [4.78, 5) is 19.0. The van der Waals surface area contributed by atoms with Crippen molar-refractivity contribution in [1.29, 1.82) is 0 Å². The maximum absolute atomic E-state index is 12.3. The number of hydrogen-bond donors (Lipinski definition) is 1. The van der Waals surface area contributed by atoms with Gasteiger partial charge in [0, 0.05) is 24.5 Å². The zero-order valence-electron chi connectivity index (χ0n) is 16.9. The summed E-state index contributed by atoms with van der Waals surface area (Å²) in [6.07, 6.45) is 4.17. The lowest BCUT2D eigenvalue weighted by Gasteiger charge is -2.21. The van der Waals surface area contributed by atoms with Gasteiger partial charge < -0.3 is 19.5 Å². The van der Waals surface area contributed by atoms with Crippen molar-refractivity contribution in [3.8, 4) is 5.75 Å². The molecule has 0 bridgehead atoms. The predicted octanol–water partition coefficient (Wildman–Crippen LogP) is 3.95. The molecule has 150 valence electrons. The van der Waals surface area contributed by atoms with Crippen molar-refractivity contribution >= 4 is 17.3 Å². The third-order valence-corrected chi connectivity index (χ3v) is 5.32. The van der Waals surface area contributed by atoms with Gasteiger partial charge in [-0.15, -0.1) is 0 Å². The average Bonchev–Trinajstić information content (AvgIpc) is 3.27. The first-order valence-electron chi connectivity index (χ1n) is 9.96. The Morgan fingerprint density at radius 2 is 1.86 bits per heavy atom. The fourth-order valence-electron chi connectivity index (χ4n) is 3.65. The molecule has 0 radical (unpaired) electrons. The molecule has 1 aliphatic heterocycles. The highest BCUT2D eigenvalue weighted by molar-refractivity contribution is 5.66. The van der Waals surface area contributed by atoms with Crippen molar-refractivity contribution in [3.05, 3.63) is 76.2 Å². The molecule has 0 unspecified atom stereocenters. The van der Waals surface area contributed by atoms with Gasteiger partial charge in [0.1, 0.15) is 0 Å². The largest absolute Gasteiger partial charge is 0.490 e. The summed E-state index contributed by atoms with van der Waals surface area (Å²) in [5, 5.41) is 3.39. The van der Waals surface area contributed by atoms with E-state index in [1.807, 2.05) is 34.9 Å². The highest BCUT2D eigenvalue weighted by Gasteiger charge is 2.15. The average molecular weight is 390 g/mol. The second kappa shape index (κ2) is 8.39. The van der Waals surface area contributed by atoms with E-state index >= 15 is 0 Å². The minimum atomic E-state index is -0.382. The summed E-state index contributed by atoms with van der Waals surface area (Å²) in [5.74, 6) is 0.732. The number of nitrogens with one attached hydrogen (secondary N) is 1. The van der Waals surface area contributed by atoms with Crippen molar-refractivity contribution < 1.29 is 4.74 Å². The first kappa shape index (κ1) is 19.1. The Kier molecular flexibility index (Phi) is 5.51. The lowest BCUT2D eigenvalue weighted by molar-refractivity contribution is 0.402. The lowest BCUT2D eigenvalue weighted by Crippen LogP contribution is -2.20. The maximum Gasteiger partial charge on any atom is 0.316 e. The molecular weight excluding hydrogens is 364 g/mol. The van der Waals surface area contributed by atoms with E-state index in [9.17, 15) is 4.79 Å². The molecule has 4 rings (SSSR count). The number of aromatic nitrogens is 2. The molecule has 2 aromatic carbocycles. The Hall–Kier alpha value is -3.28. The zero-order chi connectivity index (χ0) is 20.2. The first-order chi connectivity index (χ1) is 14.1. The molecule has 6 heteroatoms. The number of nitrogens with zero attached hydrogens (tertiary/aromatic N) is 3. The van der Waals surface area contributed by atoms with Gasteiger partial charge in [0.15, 0.2) is 0 Å². The number of hydrogen-bond acceptors (Lipinski definition) is 5. The predicted molar refractivity (Wildman–Crippen MR) is 117 cm³/mol. The summed E-state index contributed by atoms with van der Waals surface area (Å²) in [6.45, 7) is 4.81. The number of rotatable bonds is 6. The van der Waals surface area contributed by atoms with E-state index < -0.39 is 0 Å². The third kappa shape index (κ3) is 4.26. The second-order valence-electron chi connectivity index (χ2n) is 7.37. The SMILES string of the molecule is COc1cn(Cc2ccccc2)c(Nc2cc(N3CCCC3)ccc2C)nc1=O. The van der Waals surface area contributed by atoms with E-state index in [4.69, 9.17) is 4.74 Å². The number of aryl methyl sites for hydroxylation is 1. The van der Waals surface area contributed by atoms with Crippen LogP contribution in [0.1, 0.15) is 24.0 Å². The Bertz CT molecular complexity index is 1040. The van der Waals surface area contributed by atoms with Gasteiger partial charge in [-0.2, -0.15) is 4.98 Å². The number of methoxy groups -OCH3 is 1. The van der Waals surface area contributed by atoms with Crippen LogP contribution >= 0.6 is 0 Å². The van der Waals surface area contributed by atoms with Crippen LogP contribution in [0.5, 0.6) is 5.75 Å². The molecule has 0 spiro atoms. The normalized spacial score (nSPS) is 13.5. The fourth-order valence-corrected chi connectivity index (χ4v) is 3.65. The molecule has 0 saturated carbocycles. The maximum atomic E-state index is 12.3. The molecular formula is C23H26N4O2. The van der Waals surface area contributed by atoms with E-state index in [1.54, 1.807) is 6.20 Å². The number of benzene rings is 2. The van der Waals surface area contributed by atoms with E-state index in [-0.39, 0.29) is 11.3 Å².